The molecule has 0 aliphatic heterocycles. The van der Waals surface area contributed by atoms with Gasteiger partial charge in [-0.3, -0.25) is 4.79 Å². The largest absolute Gasteiger partial charge is 0.489 e. The normalized spacial score (nSPS) is 21.1. The molecule has 1 N–H and O–H groups in total. The molecule has 0 spiro atoms. The maximum Gasteiger partial charge on any atom is 0.417 e. The zero-order chi connectivity index (χ0) is 24.8. The van der Waals surface area contributed by atoms with E-state index in [1.807, 2.05) is 41.5 Å². The van der Waals surface area contributed by atoms with E-state index in [9.17, 15) is 18.0 Å². The number of halogens is 3. The van der Waals surface area contributed by atoms with Gasteiger partial charge < -0.3 is 10.1 Å². The molecule has 1 amide bonds. The summed E-state index contributed by atoms with van der Waals surface area (Å²) in [7, 11) is 0. The number of hydrogen-bond acceptors (Lipinski definition) is 5. The van der Waals surface area contributed by atoms with Crippen molar-refractivity contribution in [2.45, 2.75) is 65.8 Å². The van der Waals surface area contributed by atoms with E-state index in [1.54, 1.807) is 18.2 Å². The molecule has 33 heavy (non-hydrogen) atoms. The number of rotatable bonds is 5. The van der Waals surface area contributed by atoms with E-state index < -0.39 is 34.2 Å². The first-order valence-corrected chi connectivity index (χ1v) is 10.6. The van der Waals surface area contributed by atoms with Crippen molar-refractivity contribution in [2.75, 3.05) is 0 Å². The Balaban J connectivity index is 1.78. The van der Waals surface area contributed by atoms with Crippen LogP contribution in [0.25, 0.3) is 0 Å². The van der Waals surface area contributed by atoms with Crippen LogP contribution in [-0.4, -0.2) is 28.3 Å². The molecule has 1 aromatic carbocycles. The number of nitrogens with one attached hydrogen (secondary N) is 1. The van der Waals surface area contributed by atoms with Crippen LogP contribution in [0, 0.1) is 22.2 Å². The standard InChI is InChI=1S/C24H27F3N4O2/c1-13(2)17-9-10-18(31-30-17)19(32)29-20-22(3,4)21(23(20,5)6)33-15-8-7-14(12-28)16(11-15)24(25,26)27/h7-11,13,20-21H,1-6H3,(H,29,32). The van der Waals surface area contributed by atoms with Gasteiger partial charge in [0.2, 0.25) is 0 Å². The number of ether oxygens (including phenoxy) is 1. The van der Waals surface area contributed by atoms with E-state index >= 15 is 0 Å². The predicted octanol–water partition coefficient (Wildman–Crippen LogP) is 5.10. The molecule has 0 unspecified atom stereocenters. The van der Waals surface area contributed by atoms with Crippen molar-refractivity contribution in [3.8, 4) is 11.8 Å². The fourth-order valence-corrected chi connectivity index (χ4v) is 4.84. The Morgan fingerprint density at radius 3 is 2.24 bits per heavy atom. The number of alkyl halides is 3. The Morgan fingerprint density at radius 2 is 1.76 bits per heavy atom. The lowest BCUT2D eigenvalue weighted by Crippen LogP contribution is -2.74. The third-order valence-electron chi connectivity index (χ3n) is 6.30. The summed E-state index contributed by atoms with van der Waals surface area (Å²) in [4.78, 5) is 12.8. The van der Waals surface area contributed by atoms with E-state index in [0.717, 1.165) is 17.8 Å². The number of carbonyl (C=O) groups is 1. The van der Waals surface area contributed by atoms with Crippen molar-refractivity contribution >= 4 is 5.91 Å². The topological polar surface area (TPSA) is 87.9 Å². The fraction of sp³-hybridized carbons (Fsp3) is 0.500. The quantitative estimate of drug-likeness (QED) is 0.671. The molecule has 1 aliphatic rings. The number of nitrogens with zero attached hydrogens (tertiary/aromatic N) is 3. The van der Waals surface area contributed by atoms with Gasteiger partial charge in [0.25, 0.3) is 5.91 Å². The summed E-state index contributed by atoms with van der Waals surface area (Å²) in [6.07, 6.45) is -5.16. The maximum atomic E-state index is 13.3. The van der Waals surface area contributed by atoms with Crippen molar-refractivity contribution in [1.82, 2.24) is 15.5 Å². The summed E-state index contributed by atoms with van der Waals surface area (Å²) in [6, 6.07) is 7.94. The van der Waals surface area contributed by atoms with Crippen LogP contribution in [0.2, 0.25) is 0 Å². The molecule has 3 rings (SSSR count). The highest BCUT2D eigenvalue weighted by Crippen LogP contribution is 2.55. The SMILES string of the molecule is CC(C)c1ccc(C(=O)NC2C(C)(C)C(Oc3ccc(C#N)c(C(F)(F)F)c3)C2(C)C)nn1. The van der Waals surface area contributed by atoms with Gasteiger partial charge in [0.15, 0.2) is 5.69 Å². The Bertz CT molecular complexity index is 1070. The number of hydrogen-bond donors (Lipinski definition) is 1. The van der Waals surface area contributed by atoms with Gasteiger partial charge in [0.05, 0.1) is 22.9 Å². The van der Waals surface area contributed by atoms with Gasteiger partial charge in [0, 0.05) is 16.9 Å². The second-order valence-electron chi connectivity index (χ2n) is 9.86. The molecule has 2 aromatic rings. The maximum absolute atomic E-state index is 13.3. The molecule has 1 aliphatic carbocycles. The number of aromatic nitrogens is 2. The molecule has 176 valence electrons. The average molecular weight is 461 g/mol. The van der Waals surface area contributed by atoms with Crippen LogP contribution in [0.5, 0.6) is 5.75 Å². The van der Waals surface area contributed by atoms with Gasteiger partial charge in [-0.05, 0) is 36.2 Å². The van der Waals surface area contributed by atoms with Crippen molar-refractivity contribution < 1.29 is 22.7 Å². The summed E-state index contributed by atoms with van der Waals surface area (Å²) in [5.74, 6) is -0.162. The Kier molecular flexibility index (Phi) is 6.18. The first-order chi connectivity index (χ1) is 15.2. The highest BCUT2D eigenvalue weighted by molar-refractivity contribution is 5.92. The fourth-order valence-electron chi connectivity index (χ4n) is 4.84. The molecule has 6 nitrogen and oxygen atoms in total. The highest BCUT2D eigenvalue weighted by atomic mass is 19.4. The molecule has 9 heteroatoms. The lowest BCUT2D eigenvalue weighted by atomic mass is 9.49. The second-order valence-corrected chi connectivity index (χ2v) is 9.86. The minimum Gasteiger partial charge on any atom is -0.489 e. The lowest BCUT2D eigenvalue weighted by Gasteiger charge is -2.63. The predicted molar refractivity (Wildman–Crippen MR) is 116 cm³/mol. The van der Waals surface area contributed by atoms with Crippen molar-refractivity contribution in [2.24, 2.45) is 10.8 Å². The van der Waals surface area contributed by atoms with Crippen LogP contribution >= 0.6 is 0 Å². The van der Waals surface area contributed by atoms with Crippen LogP contribution in [0.4, 0.5) is 13.2 Å². The number of benzene rings is 1. The van der Waals surface area contributed by atoms with Gasteiger partial charge in [-0.2, -0.15) is 23.5 Å². The lowest BCUT2D eigenvalue weighted by molar-refractivity contribution is -0.164. The number of amides is 1. The molecule has 0 bridgehead atoms. The van der Waals surface area contributed by atoms with Gasteiger partial charge in [-0.15, -0.1) is 5.10 Å². The monoisotopic (exact) mass is 460 g/mol. The molecule has 0 radical (unpaired) electrons. The molecule has 0 atom stereocenters. The Morgan fingerprint density at radius 1 is 1.12 bits per heavy atom. The molecule has 0 saturated heterocycles. The van der Waals surface area contributed by atoms with Crippen LogP contribution in [-0.2, 0) is 6.18 Å². The van der Waals surface area contributed by atoms with Crippen LogP contribution in [0.1, 0.15) is 74.8 Å². The molecule has 1 saturated carbocycles. The van der Waals surface area contributed by atoms with E-state index in [1.165, 1.54) is 6.07 Å². The van der Waals surface area contributed by atoms with Crippen molar-refractivity contribution in [3.05, 3.63) is 52.8 Å². The van der Waals surface area contributed by atoms with Crippen molar-refractivity contribution in [1.29, 1.82) is 5.26 Å². The van der Waals surface area contributed by atoms with E-state index in [0.29, 0.717) is 0 Å². The molecular weight excluding hydrogens is 433 g/mol. The second kappa shape index (κ2) is 8.32. The smallest absolute Gasteiger partial charge is 0.417 e. The van der Waals surface area contributed by atoms with Crippen LogP contribution < -0.4 is 10.1 Å². The minimum absolute atomic E-state index is 0.0207. The first kappa shape index (κ1) is 24.5. The molecule has 1 heterocycles. The van der Waals surface area contributed by atoms with Gasteiger partial charge in [-0.1, -0.05) is 41.5 Å². The Labute approximate surface area is 191 Å². The summed E-state index contributed by atoms with van der Waals surface area (Å²) >= 11 is 0. The van der Waals surface area contributed by atoms with Gasteiger partial charge in [-0.25, -0.2) is 0 Å². The number of nitriles is 1. The first-order valence-electron chi connectivity index (χ1n) is 10.6. The van der Waals surface area contributed by atoms with E-state index in [4.69, 9.17) is 10.00 Å². The average Bonchev–Trinajstić information content (AvgIpc) is 2.74. The summed E-state index contributed by atoms with van der Waals surface area (Å²) < 4.78 is 46.0. The molecule has 1 fully saturated rings. The highest BCUT2D eigenvalue weighted by Gasteiger charge is 2.64. The van der Waals surface area contributed by atoms with Gasteiger partial charge in [0.1, 0.15) is 11.9 Å². The van der Waals surface area contributed by atoms with E-state index in [-0.39, 0.29) is 29.3 Å². The van der Waals surface area contributed by atoms with Crippen molar-refractivity contribution in [3.63, 3.8) is 0 Å². The summed E-state index contributed by atoms with van der Waals surface area (Å²) in [6.45, 7) is 11.5. The minimum atomic E-state index is -4.67. The zero-order valence-corrected chi connectivity index (χ0v) is 19.4. The number of carbonyl (C=O) groups excluding carboxylic acids is 1. The Hall–Kier alpha value is -3.15. The third-order valence-corrected chi connectivity index (χ3v) is 6.30. The van der Waals surface area contributed by atoms with Crippen LogP contribution in [0.3, 0.4) is 0 Å². The summed E-state index contributed by atoms with van der Waals surface area (Å²) in [5.41, 5.74) is -1.70. The third kappa shape index (κ3) is 4.52. The zero-order valence-electron chi connectivity index (χ0n) is 19.4. The molecular formula is C24H27F3N4O2. The van der Waals surface area contributed by atoms with E-state index in [2.05, 4.69) is 15.5 Å². The van der Waals surface area contributed by atoms with Gasteiger partial charge >= 0.3 is 6.18 Å². The van der Waals surface area contributed by atoms with Crippen LogP contribution in [0.15, 0.2) is 30.3 Å². The molecule has 1 aromatic heterocycles. The summed E-state index contributed by atoms with van der Waals surface area (Å²) in [5, 5.41) is 20.1.